The van der Waals surface area contributed by atoms with E-state index >= 15 is 0 Å². The number of rotatable bonds is 1. The van der Waals surface area contributed by atoms with E-state index in [1.807, 2.05) is 12.4 Å². The lowest BCUT2D eigenvalue weighted by atomic mass is 10.2. The van der Waals surface area contributed by atoms with Crippen LogP contribution in [-0.2, 0) is 13.0 Å². The molecule has 7 nitrogen and oxygen atoms in total. The summed E-state index contributed by atoms with van der Waals surface area (Å²) >= 11 is 2.93. The highest BCUT2D eigenvalue weighted by atomic mass is 32.2. The maximum Gasteiger partial charge on any atom is 0.212 e. The fraction of sp³-hybridized carbons (Fsp3) is 0.400. The number of thiazole rings is 1. The molecule has 19 heavy (non-hydrogen) atoms. The van der Waals surface area contributed by atoms with Gasteiger partial charge in [-0.05, 0) is 6.26 Å². The van der Waals surface area contributed by atoms with E-state index in [1.54, 1.807) is 0 Å². The summed E-state index contributed by atoms with van der Waals surface area (Å²) in [7, 11) is 0. The predicted molar refractivity (Wildman–Crippen MR) is 78.3 cm³/mol. The highest BCUT2D eigenvalue weighted by molar-refractivity contribution is 8.13. The summed E-state index contributed by atoms with van der Waals surface area (Å²) in [4.78, 5) is 15.4. The molecule has 1 aromatic heterocycles. The van der Waals surface area contributed by atoms with Crippen LogP contribution in [0.15, 0.2) is 9.98 Å². The van der Waals surface area contributed by atoms with Crippen LogP contribution in [0, 0.1) is 11.5 Å². The SMILES string of the molecule is CSC(=NC#N)N1CCc2nc(N=C(N)N)sc2C1. The van der Waals surface area contributed by atoms with Crippen LogP contribution >= 0.6 is 23.1 Å². The molecule has 9 heteroatoms. The van der Waals surface area contributed by atoms with Gasteiger partial charge in [0.1, 0.15) is 0 Å². The van der Waals surface area contributed by atoms with Crippen molar-refractivity contribution in [3.63, 3.8) is 0 Å². The average molecular weight is 295 g/mol. The summed E-state index contributed by atoms with van der Waals surface area (Å²) in [6.07, 6.45) is 4.54. The number of nitrogens with zero attached hydrogens (tertiary/aromatic N) is 5. The van der Waals surface area contributed by atoms with E-state index in [0.717, 1.165) is 28.7 Å². The molecule has 1 aliphatic heterocycles. The fourth-order valence-corrected chi connectivity index (χ4v) is 3.35. The molecule has 0 saturated heterocycles. The van der Waals surface area contributed by atoms with Gasteiger partial charge in [-0.15, -0.1) is 4.99 Å². The predicted octanol–water partition coefficient (Wildman–Crippen LogP) is 0.606. The number of nitrogens with two attached hydrogens (primary N) is 2. The molecule has 2 rings (SSSR count). The molecule has 0 amide bonds. The van der Waals surface area contributed by atoms with Crippen LogP contribution in [0.4, 0.5) is 5.13 Å². The van der Waals surface area contributed by atoms with Gasteiger partial charge in [-0.2, -0.15) is 10.3 Å². The average Bonchev–Trinajstić information content (AvgIpc) is 2.75. The number of hydrogen-bond acceptors (Lipinski definition) is 6. The largest absolute Gasteiger partial charge is 0.370 e. The van der Waals surface area contributed by atoms with Gasteiger partial charge < -0.3 is 16.4 Å². The molecule has 1 aliphatic rings. The summed E-state index contributed by atoms with van der Waals surface area (Å²) in [5.74, 6) is 0.0128. The minimum atomic E-state index is 0.0128. The molecule has 0 radical (unpaired) electrons. The van der Waals surface area contributed by atoms with E-state index in [2.05, 4.69) is 19.9 Å². The second-order valence-electron chi connectivity index (χ2n) is 3.77. The van der Waals surface area contributed by atoms with Crippen molar-refractivity contribution < 1.29 is 0 Å². The molecule has 0 aromatic carbocycles. The number of fused-ring (bicyclic) bond motifs is 1. The van der Waals surface area contributed by atoms with Gasteiger partial charge in [-0.3, -0.25) is 0 Å². The number of aromatic nitrogens is 1. The molecular weight excluding hydrogens is 282 g/mol. The fourth-order valence-electron chi connectivity index (χ4n) is 1.79. The number of guanidine groups is 1. The second-order valence-corrected chi connectivity index (χ2v) is 5.61. The maximum absolute atomic E-state index is 8.66. The Balaban J connectivity index is 2.20. The topological polar surface area (TPSA) is 117 Å². The van der Waals surface area contributed by atoms with Crippen LogP contribution in [0.5, 0.6) is 0 Å². The molecule has 0 spiro atoms. The number of amidine groups is 1. The molecule has 0 aliphatic carbocycles. The summed E-state index contributed by atoms with van der Waals surface area (Å²) < 4.78 is 0. The summed E-state index contributed by atoms with van der Waals surface area (Å²) in [6.45, 7) is 1.48. The Labute approximate surface area is 119 Å². The molecule has 0 saturated carbocycles. The van der Waals surface area contributed by atoms with Crippen molar-refractivity contribution in [3.8, 4) is 6.19 Å². The van der Waals surface area contributed by atoms with Gasteiger partial charge in [0, 0.05) is 17.8 Å². The van der Waals surface area contributed by atoms with Crippen molar-refractivity contribution in [1.29, 1.82) is 5.26 Å². The van der Waals surface area contributed by atoms with Gasteiger partial charge in [-0.25, -0.2) is 4.98 Å². The molecule has 0 bridgehead atoms. The molecule has 0 fully saturated rings. The van der Waals surface area contributed by atoms with Crippen molar-refractivity contribution >= 4 is 39.4 Å². The van der Waals surface area contributed by atoms with Crippen LogP contribution in [-0.4, -0.2) is 33.8 Å². The first-order chi connectivity index (χ1) is 9.13. The maximum atomic E-state index is 8.66. The normalized spacial score (nSPS) is 14.7. The molecule has 4 N–H and O–H groups in total. The molecule has 0 atom stereocenters. The van der Waals surface area contributed by atoms with Crippen molar-refractivity contribution in [1.82, 2.24) is 9.88 Å². The number of aliphatic imine (C=N–C) groups is 2. The second kappa shape index (κ2) is 5.90. The van der Waals surface area contributed by atoms with Crippen molar-refractivity contribution in [3.05, 3.63) is 10.6 Å². The van der Waals surface area contributed by atoms with Crippen LogP contribution in [0.1, 0.15) is 10.6 Å². The lowest BCUT2D eigenvalue weighted by Gasteiger charge is -2.27. The zero-order valence-corrected chi connectivity index (χ0v) is 12.0. The minimum Gasteiger partial charge on any atom is -0.370 e. The first kappa shape index (κ1) is 13.6. The van der Waals surface area contributed by atoms with Gasteiger partial charge in [-0.1, -0.05) is 23.1 Å². The first-order valence-electron chi connectivity index (χ1n) is 5.48. The Morgan fingerprint density at radius 3 is 3.00 bits per heavy atom. The quantitative estimate of drug-likeness (QED) is 0.445. The molecular formula is C10H13N7S2. The van der Waals surface area contributed by atoms with Crippen LogP contribution in [0.2, 0.25) is 0 Å². The highest BCUT2D eigenvalue weighted by Gasteiger charge is 2.22. The Morgan fingerprint density at radius 2 is 2.37 bits per heavy atom. The third kappa shape index (κ3) is 3.15. The number of nitriles is 1. The third-order valence-electron chi connectivity index (χ3n) is 2.54. The van der Waals surface area contributed by atoms with E-state index < -0.39 is 0 Å². The van der Waals surface area contributed by atoms with E-state index in [0.29, 0.717) is 11.7 Å². The zero-order chi connectivity index (χ0) is 13.8. The van der Waals surface area contributed by atoms with E-state index in [-0.39, 0.29) is 5.96 Å². The lowest BCUT2D eigenvalue weighted by molar-refractivity contribution is 0.403. The van der Waals surface area contributed by atoms with E-state index in [4.69, 9.17) is 16.7 Å². The van der Waals surface area contributed by atoms with Crippen LogP contribution in [0.3, 0.4) is 0 Å². The number of hydrogen-bond donors (Lipinski definition) is 2. The zero-order valence-electron chi connectivity index (χ0n) is 10.3. The van der Waals surface area contributed by atoms with Crippen molar-refractivity contribution in [2.45, 2.75) is 13.0 Å². The van der Waals surface area contributed by atoms with E-state index in [9.17, 15) is 0 Å². The van der Waals surface area contributed by atoms with Crippen LogP contribution < -0.4 is 11.5 Å². The third-order valence-corrected chi connectivity index (χ3v) is 4.23. The summed E-state index contributed by atoms with van der Waals surface area (Å²) in [5.41, 5.74) is 11.7. The highest BCUT2D eigenvalue weighted by Crippen LogP contribution is 2.30. The minimum absolute atomic E-state index is 0.0128. The van der Waals surface area contributed by atoms with Gasteiger partial charge in [0.2, 0.25) is 11.3 Å². The summed E-state index contributed by atoms with van der Waals surface area (Å²) in [5, 5.41) is 9.97. The lowest BCUT2D eigenvalue weighted by Crippen LogP contribution is -2.33. The van der Waals surface area contributed by atoms with E-state index in [1.165, 1.54) is 23.1 Å². The summed E-state index contributed by atoms with van der Waals surface area (Å²) in [6, 6.07) is 0. The Kier molecular flexibility index (Phi) is 4.24. The Bertz CT molecular complexity index is 565. The molecule has 0 unspecified atom stereocenters. The molecule has 2 heterocycles. The number of thioether (sulfide) groups is 1. The standard InChI is InChI=1S/C10H13N7S2/c1-18-10(14-5-11)17-3-2-6-7(4-17)19-9(15-6)16-8(12)13/h2-4H2,1H3,(H4,12,13,15,16). The van der Waals surface area contributed by atoms with Gasteiger partial charge in [0.15, 0.2) is 11.1 Å². The first-order valence-corrected chi connectivity index (χ1v) is 7.52. The van der Waals surface area contributed by atoms with Crippen molar-refractivity contribution in [2.24, 2.45) is 21.5 Å². The smallest absolute Gasteiger partial charge is 0.212 e. The molecule has 100 valence electrons. The van der Waals surface area contributed by atoms with Gasteiger partial charge >= 0.3 is 0 Å². The van der Waals surface area contributed by atoms with Crippen molar-refractivity contribution in [2.75, 3.05) is 12.8 Å². The van der Waals surface area contributed by atoms with Gasteiger partial charge in [0.05, 0.1) is 12.2 Å². The monoisotopic (exact) mass is 295 g/mol. The van der Waals surface area contributed by atoms with Crippen LogP contribution in [0.25, 0.3) is 0 Å². The Hall–Kier alpha value is -1.79. The molecule has 1 aromatic rings. The van der Waals surface area contributed by atoms with Gasteiger partial charge in [0.25, 0.3) is 0 Å². The Morgan fingerprint density at radius 1 is 1.58 bits per heavy atom.